The Bertz CT molecular complexity index is 595. The lowest BCUT2D eigenvalue weighted by Gasteiger charge is -2.19. The van der Waals surface area contributed by atoms with Crippen LogP contribution in [0.4, 0.5) is 0 Å². The molecule has 2 aliphatic carbocycles. The Morgan fingerprint density at radius 3 is 2.85 bits per heavy atom. The molecule has 3 unspecified atom stereocenters. The van der Waals surface area contributed by atoms with Gasteiger partial charge in [0.15, 0.2) is 0 Å². The summed E-state index contributed by atoms with van der Waals surface area (Å²) in [6.07, 6.45) is 10.4. The first-order chi connectivity index (χ1) is 12.4. The van der Waals surface area contributed by atoms with E-state index in [0.29, 0.717) is 24.7 Å². The molecule has 6 atom stereocenters. The normalized spacial score (nSPS) is 31.6. The minimum Gasteiger partial charge on any atom is -0.481 e. The van der Waals surface area contributed by atoms with Gasteiger partial charge in [-0.05, 0) is 56.8 Å². The molecule has 0 radical (unpaired) electrons. The minimum atomic E-state index is -0.738. The SMILES string of the molecule is CC#CCC(C)C(O)/C=C/C1[C@H](O)C[C@@H]2C/C(=C/CCCC(=O)O)C[C@H]12. The van der Waals surface area contributed by atoms with Gasteiger partial charge in [0.2, 0.25) is 0 Å². The molecule has 0 aromatic heterocycles. The van der Waals surface area contributed by atoms with Crippen LogP contribution in [-0.4, -0.2) is 33.5 Å². The number of hydrogen-bond donors (Lipinski definition) is 3. The van der Waals surface area contributed by atoms with E-state index in [0.717, 1.165) is 25.7 Å². The number of aliphatic hydroxyl groups is 2. The number of unbranched alkanes of at least 4 members (excludes halogenated alkanes) is 1. The molecular weight excluding hydrogens is 328 g/mol. The predicted octanol–water partition coefficient (Wildman–Crippen LogP) is 3.54. The van der Waals surface area contributed by atoms with Gasteiger partial charge < -0.3 is 15.3 Å². The van der Waals surface area contributed by atoms with Crippen LogP contribution < -0.4 is 0 Å². The van der Waals surface area contributed by atoms with Crippen LogP contribution in [0.25, 0.3) is 0 Å². The molecule has 144 valence electrons. The fraction of sp³-hybridized carbons (Fsp3) is 0.682. The number of fused-ring (bicyclic) bond motifs is 1. The topological polar surface area (TPSA) is 77.8 Å². The molecule has 2 aliphatic rings. The van der Waals surface area contributed by atoms with Crippen molar-refractivity contribution >= 4 is 5.97 Å². The van der Waals surface area contributed by atoms with Crippen molar-refractivity contribution < 1.29 is 20.1 Å². The molecule has 0 heterocycles. The zero-order valence-electron chi connectivity index (χ0n) is 15.9. The standard InChI is InChI=1S/C22H32O4/c1-3-4-7-15(2)20(23)11-10-18-19-13-16(8-5-6-9-22(25)26)12-17(19)14-21(18)24/h8,10-11,15,17-21,23-24H,5-7,9,12-14H2,1-2H3,(H,25,26)/b11-10+,16-8-/t15?,17-,18?,19-,20?,21+/m0/s1. The molecule has 2 rings (SSSR count). The van der Waals surface area contributed by atoms with Gasteiger partial charge in [0.05, 0.1) is 12.2 Å². The highest BCUT2D eigenvalue weighted by Crippen LogP contribution is 2.50. The van der Waals surface area contributed by atoms with Crippen molar-refractivity contribution in [2.24, 2.45) is 23.7 Å². The van der Waals surface area contributed by atoms with E-state index in [1.54, 1.807) is 6.92 Å². The summed E-state index contributed by atoms with van der Waals surface area (Å²) >= 11 is 0. The highest BCUT2D eigenvalue weighted by molar-refractivity contribution is 5.66. The van der Waals surface area contributed by atoms with E-state index in [1.165, 1.54) is 5.57 Å². The molecule has 0 spiro atoms. The average molecular weight is 360 g/mol. The van der Waals surface area contributed by atoms with Crippen LogP contribution in [0.15, 0.2) is 23.8 Å². The van der Waals surface area contributed by atoms with Crippen molar-refractivity contribution in [3.05, 3.63) is 23.8 Å². The molecule has 4 nitrogen and oxygen atoms in total. The summed E-state index contributed by atoms with van der Waals surface area (Å²) in [5.41, 5.74) is 1.41. The number of carboxylic acids is 1. The first-order valence-electron chi connectivity index (χ1n) is 9.76. The minimum absolute atomic E-state index is 0.0845. The van der Waals surface area contributed by atoms with Crippen LogP contribution in [0.5, 0.6) is 0 Å². The number of rotatable bonds is 8. The first kappa shape index (κ1) is 20.7. The Hall–Kier alpha value is -1.57. The van der Waals surface area contributed by atoms with Crippen molar-refractivity contribution in [1.82, 2.24) is 0 Å². The number of allylic oxidation sites excluding steroid dienone is 2. The van der Waals surface area contributed by atoms with Crippen LogP contribution in [0, 0.1) is 35.5 Å². The van der Waals surface area contributed by atoms with Crippen molar-refractivity contribution in [1.29, 1.82) is 0 Å². The van der Waals surface area contributed by atoms with E-state index in [9.17, 15) is 15.0 Å². The molecule has 2 saturated carbocycles. The molecule has 3 N–H and O–H groups in total. The van der Waals surface area contributed by atoms with E-state index in [2.05, 4.69) is 17.9 Å². The van der Waals surface area contributed by atoms with Crippen LogP contribution in [0.3, 0.4) is 0 Å². The molecule has 0 aliphatic heterocycles. The predicted molar refractivity (Wildman–Crippen MR) is 102 cm³/mol. The maximum absolute atomic E-state index is 10.6. The van der Waals surface area contributed by atoms with E-state index in [4.69, 9.17) is 5.11 Å². The molecule has 0 bridgehead atoms. The van der Waals surface area contributed by atoms with Gasteiger partial charge in [-0.15, -0.1) is 11.8 Å². The smallest absolute Gasteiger partial charge is 0.303 e. The fourth-order valence-electron chi connectivity index (χ4n) is 4.31. The third kappa shape index (κ3) is 5.72. The number of carbonyl (C=O) groups is 1. The number of carboxylic acid groups (broad SMARTS) is 1. The molecule has 4 heteroatoms. The highest BCUT2D eigenvalue weighted by atomic mass is 16.4. The van der Waals surface area contributed by atoms with Gasteiger partial charge in [0.1, 0.15) is 0 Å². The number of aliphatic hydroxyl groups excluding tert-OH is 2. The van der Waals surface area contributed by atoms with Crippen LogP contribution in [0.1, 0.15) is 58.8 Å². The second kappa shape index (κ2) is 9.94. The summed E-state index contributed by atoms with van der Waals surface area (Å²) in [4.78, 5) is 10.6. The zero-order chi connectivity index (χ0) is 19.1. The quantitative estimate of drug-likeness (QED) is 0.351. The Kier molecular flexibility index (Phi) is 7.93. The van der Waals surface area contributed by atoms with Gasteiger partial charge >= 0.3 is 5.97 Å². The Morgan fingerprint density at radius 1 is 1.38 bits per heavy atom. The van der Waals surface area contributed by atoms with Crippen molar-refractivity contribution in [3.63, 3.8) is 0 Å². The molecule has 2 fully saturated rings. The lowest BCUT2D eigenvalue weighted by molar-refractivity contribution is -0.137. The van der Waals surface area contributed by atoms with Gasteiger partial charge in [-0.3, -0.25) is 4.79 Å². The van der Waals surface area contributed by atoms with Crippen molar-refractivity contribution in [3.8, 4) is 11.8 Å². The zero-order valence-corrected chi connectivity index (χ0v) is 15.9. The second-order valence-electron chi connectivity index (χ2n) is 7.84. The lowest BCUT2D eigenvalue weighted by atomic mass is 9.89. The third-order valence-corrected chi connectivity index (χ3v) is 5.85. The summed E-state index contributed by atoms with van der Waals surface area (Å²) < 4.78 is 0. The highest BCUT2D eigenvalue weighted by Gasteiger charge is 2.44. The fourth-order valence-corrected chi connectivity index (χ4v) is 4.31. The van der Waals surface area contributed by atoms with E-state index in [1.807, 2.05) is 19.1 Å². The molecule has 26 heavy (non-hydrogen) atoms. The van der Waals surface area contributed by atoms with Crippen LogP contribution in [-0.2, 0) is 4.79 Å². The van der Waals surface area contributed by atoms with E-state index < -0.39 is 12.1 Å². The Morgan fingerprint density at radius 2 is 2.15 bits per heavy atom. The molecule has 0 saturated heterocycles. The van der Waals surface area contributed by atoms with Gasteiger partial charge in [0, 0.05) is 18.8 Å². The Labute approximate surface area is 157 Å². The Balaban J connectivity index is 1.89. The summed E-state index contributed by atoms with van der Waals surface area (Å²) in [5.74, 6) is 6.25. The third-order valence-electron chi connectivity index (χ3n) is 5.85. The van der Waals surface area contributed by atoms with Gasteiger partial charge in [-0.25, -0.2) is 0 Å². The van der Waals surface area contributed by atoms with E-state index >= 15 is 0 Å². The van der Waals surface area contributed by atoms with Crippen LogP contribution >= 0.6 is 0 Å². The van der Waals surface area contributed by atoms with Crippen molar-refractivity contribution in [2.45, 2.75) is 71.0 Å². The summed E-state index contributed by atoms with van der Waals surface area (Å²) in [6.45, 7) is 3.79. The van der Waals surface area contributed by atoms with E-state index in [-0.39, 0.29) is 24.4 Å². The molecular formula is C22H32O4. The second-order valence-corrected chi connectivity index (χ2v) is 7.84. The monoisotopic (exact) mass is 360 g/mol. The number of aliphatic carboxylic acids is 1. The molecule has 0 aromatic carbocycles. The maximum Gasteiger partial charge on any atom is 0.303 e. The van der Waals surface area contributed by atoms with Gasteiger partial charge in [-0.2, -0.15) is 0 Å². The lowest BCUT2D eigenvalue weighted by Crippen LogP contribution is -2.19. The summed E-state index contributed by atoms with van der Waals surface area (Å²) in [5, 5.41) is 29.4. The largest absolute Gasteiger partial charge is 0.481 e. The number of hydrogen-bond acceptors (Lipinski definition) is 3. The van der Waals surface area contributed by atoms with Crippen LogP contribution in [0.2, 0.25) is 0 Å². The average Bonchev–Trinajstić information content (AvgIpc) is 3.10. The summed E-state index contributed by atoms with van der Waals surface area (Å²) in [7, 11) is 0. The summed E-state index contributed by atoms with van der Waals surface area (Å²) in [6, 6.07) is 0. The molecule has 0 aromatic rings. The first-order valence-corrected chi connectivity index (χ1v) is 9.76. The van der Waals surface area contributed by atoms with Gasteiger partial charge in [-0.1, -0.05) is 30.7 Å². The van der Waals surface area contributed by atoms with Gasteiger partial charge in [0.25, 0.3) is 0 Å². The van der Waals surface area contributed by atoms with Crippen molar-refractivity contribution in [2.75, 3.05) is 0 Å². The maximum atomic E-state index is 10.6. The molecule has 0 amide bonds.